The fourth-order valence-electron chi connectivity index (χ4n) is 0. The van der Waals surface area contributed by atoms with E-state index in [1.54, 1.807) is 0 Å². The van der Waals surface area contributed by atoms with Crippen molar-refractivity contribution < 1.29 is 37.5 Å². The van der Waals surface area contributed by atoms with Gasteiger partial charge in [-0.3, -0.25) is 0 Å². The van der Waals surface area contributed by atoms with E-state index in [1.165, 1.54) is 0 Å². The van der Waals surface area contributed by atoms with E-state index in [0.29, 0.717) is 0 Å². The van der Waals surface area contributed by atoms with Gasteiger partial charge in [0.05, 0.1) is 0 Å². The molecule has 0 aliphatic heterocycles. The van der Waals surface area contributed by atoms with E-state index in [4.69, 9.17) is 18.8 Å². The SMILES string of the molecule is N.[Cl][Pt][Cl].[Pt]. The molecular weight excluding hydrogens is 475 g/mol. The first-order valence-corrected chi connectivity index (χ1v) is 5.87. The molecule has 0 aromatic rings. The molecule has 5 heteroatoms. The van der Waals surface area contributed by atoms with Gasteiger partial charge in [0, 0.05) is 21.1 Å². The van der Waals surface area contributed by atoms with E-state index in [0.717, 1.165) is 0 Å². The van der Waals surface area contributed by atoms with Crippen LogP contribution in [-0.4, -0.2) is 0 Å². The average Bonchev–Trinajstić information content (AvgIpc) is 0.918. The van der Waals surface area contributed by atoms with Crippen molar-refractivity contribution in [1.29, 1.82) is 0 Å². The van der Waals surface area contributed by atoms with Crippen LogP contribution in [0.25, 0.3) is 0 Å². The molecule has 1 nitrogen and oxygen atoms in total. The largest absolute Gasteiger partial charge is 0 e. The maximum atomic E-state index is 4.88. The molecule has 0 aliphatic carbocycles. The Hall–Kier alpha value is 1.92. The van der Waals surface area contributed by atoms with E-state index in [-0.39, 0.29) is 27.2 Å². The summed E-state index contributed by atoms with van der Waals surface area (Å²) in [5, 5.41) is 0. The molecule has 0 spiro atoms. The Morgan fingerprint density at radius 3 is 1.20 bits per heavy atom. The molecule has 0 bridgehead atoms. The summed E-state index contributed by atoms with van der Waals surface area (Å²) in [5.41, 5.74) is 0. The number of hydrogen-bond donors (Lipinski definition) is 1. The van der Waals surface area contributed by atoms with Gasteiger partial charge in [-0.25, -0.2) is 0 Å². The first-order valence-electron chi connectivity index (χ1n) is 0.239. The summed E-state index contributed by atoms with van der Waals surface area (Å²) in [6.45, 7) is 0. The standard InChI is InChI=1S/2ClH.H3N.2Pt/h2*1H;1H3;;/q;;;;+2/p-2. The van der Waals surface area contributed by atoms with Gasteiger partial charge in [-0.05, 0) is 0 Å². The number of hydrogen-bond acceptors (Lipinski definition) is 1. The molecule has 0 aliphatic rings. The van der Waals surface area contributed by atoms with Crippen LogP contribution in [0.5, 0.6) is 0 Å². The van der Waals surface area contributed by atoms with Crippen molar-refractivity contribution in [3.05, 3.63) is 0 Å². The van der Waals surface area contributed by atoms with Crippen LogP contribution in [0.1, 0.15) is 0 Å². The molecule has 0 unspecified atom stereocenters. The Kier molecular flexibility index (Phi) is 53.1. The van der Waals surface area contributed by atoms with Gasteiger partial charge in [0.1, 0.15) is 0 Å². The Labute approximate surface area is 62.0 Å². The van der Waals surface area contributed by atoms with Gasteiger partial charge in [0.2, 0.25) is 0 Å². The summed E-state index contributed by atoms with van der Waals surface area (Å²) in [4.78, 5) is 0. The van der Waals surface area contributed by atoms with Crippen molar-refractivity contribution >= 4 is 18.8 Å². The maximum absolute atomic E-state index is 4.88. The van der Waals surface area contributed by atoms with Gasteiger partial charge in [-0.2, -0.15) is 0 Å². The van der Waals surface area contributed by atoms with Crippen LogP contribution in [0.3, 0.4) is 0 Å². The van der Waals surface area contributed by atoms with Crippen molar-refractivity contribution in [1.82, 2.24) is 6.15 Å². The fourth-order valence-corrected chi connectivity index (χ4v) is 0. The van der Waals surface area contributed by atoms with Gasteiger partial charge in [-0.1, -0.05) is 0 Å². The minimum absolute atomic E-state index is 0. The molecule has 0 heterocycles. The van der Waals surface area contributed by atoms with Crippen molar-refractivity contribution in [2.45, 2.75) is 0 Å². The summed E-state index contributed by atoms with van der Waals surface area (Å²) in [6.07, 6.45) is 0. The first kappa shape index (κ1) is 15.8. The van der Waals surface area contributed by atoms with Crippen LogP contribution in [0, 0.1) is 0 Å². The van der Waals surface area contributed by atoms with E-state index in [2.05, 4.69) is 0 Å². The van der Waals surface area contributed by atoms with Gasteiger partial charge in [-0.15, -0.1) is 0 Å². The third kappa shape index (κ3) is 24.7. The molecule has 0 amide bonds. The van der Waals surface area contributed by atoms with E-state index in [9.17, 15) is 0 Å². The molecule has 0 radical (unpaired) electrons. The van der Waals surface area contributed by atoms with Crippen LogP contribution in [-0.2, 0) is 37.5 Å². The number of halogens is 2. The average molecular weight is 478 g/mol. The molecule has 0 aromatic carbocycles. The second-order valence-electron chi connectivity index (χ2n) is 0.0452. The normalized spacial score (nSPS) is 4.40. The molecule has 42 valence electrons. The topological polar surface area (TPSA) is 35.0 Å². The molecule has 3 N–H and O–H groups in total. The zero-order chi connectivity index (χ0) is 2.71. The number of rotatable bonds is 0. The van der Waals surface area contributed by atoms with Gasteiger partial charge < -0.3 is 6.15 Å². The summed E-state index contributed by atoms with van der Waals surface area (Å²) < 4.78 is 0. The maximum Gasteiger partial charge on any atom is 0 e. The quantitative estimate of drug-likeness (QED) is 0.564. The van der Waals surface area contributed by atoms with Crippen molar-refractivity contribution in [2.24, 2.45) is 0 Å². The summed E-state index contributed by atoms with van der Waals surface area (Å²) in [7, 11) is 9.75. The Morgan fingerprint density at radius 2 is 1.20 bits per heavy atom. The Bertz CT molecular complexity index is 7.61. The minimum atomic E-state index is -0.472. The monoisotopic (exact) mass is 477 g/mol. The van der Waals surface area contributed by atoms with E-state index in [1.807, 2.05) is 0 Å². The van der Waals surface area contributed by atoms with Gasteiger partial charge >= 0.3 is 35.3 Å². The van der Waals surface area contributed by atoms with E-state index < -0.39 is 16.5 Å². The van der Waals surface area contributed by atoms with Crippen molar-refractivity contribution in [2.75, 3.05) is 0 Å². The molecule has 0 aromatic heterocycles. The van der Waals surface area contributed by atoms with Crippen molar-refractivity contribution in [3.63, 3.8) is 0 Å². The molecule has 0 atom stereocenters. The second-order valence-corrected chi connectivity index (χ2v) is 3.33. The summed E-state index contributed by atoms with van der Waals surface area (Å²) in [5.74, 6) is 0. The summed E-state index contributed by atoms with van der Waals surface area (Å²) in [6, 6.07) is 0. The van der Waals surface area contributed by atoms with Crippen LogP contribution in [0.15, 0.2) is 0 Å². The third-order valence-corrected chi connectivity index (χ3v) is 0. The molecule has 0 rings (SSSR count). The summed E-state index contributed by atoms with van der Waals surface area (Å²) >= 11 is -0.472. The molecule has 0 fully saturated rings. The van der Waals surface area contributed by atoms with Crippen LogP contribution < -0.4 is 6.15 Å². The second kappa shape index (κ2) is 16.8. The Balaban J connectivity index is -0.0000000200. The van der Waals surface area contributed by atoms with E-state index >= 15 is 0 Å². The third-order valence-electron chi connectivity index (χ3n) is 0. The fraction of sp³-hybridized carbons (Fsp3) is 0. The zero-order valence-electron chi connectivity index (χ0n) is 2.10. The minimum Gasteiger partial charge on any atom is 0 e. The van der Waals surface area contributed by atoms with Gasteiger partial charge in [0.25, 0.3) is 0 Å². The smallest absolute Gasteiger partial charge is 0 e. The first-order chi connectivity index (χ1) is 1.41. The van der Waals surface area contributed by atoms with Crippen molar-refractivity contribution in [3.8, 4) is 0 Å². The van der Waals surface area contributed by atoms with Crippen LogP contribution in [0.2, 0.25) is 0 Å². The Morgan fingerprint density at radius 1 is 1.20 bits per heavy atom. The molecule has 5 heavy (non-hydrogen) atoms. The van der Waals surface area contributed by atoms with Crippen LogP contribution in [0.4, 0.5) is 0 Å². The van der Waals surface area contributed by atoms with Gasteiger partial charge in [0.15, 0.2) is 0 Å². The predicted octanol–water partition coefficient (Wildman–Crippen LogP) is 1.54. The zero-order valence-corrected chi connectivity index (χ0v) is 8.15. The molecular formula is H3Cl2NPt2. The predicted molar refractivity (Wildman–Crippen MR) is 16.7 cm³/mol. The van der Waals surface area contributed by atoms with Crippen LogP contribution >= 0.6 is 18.8 Å². The molecule has 0 saturated carbocycles. The molecule has 0 saturated heterocycles.